The molecule has 0 amide bonds. The Hall–Kier alpha value is -1.84. The van der Waals surface area contributed by atoms with E-state index in [1.54, 1.807) is 12.1 Å². The van der Waals surface area contributed by atoms with Crippen molar-refractivity contribution in [3.8, 4) is 0 Å². The molecule has 2 aromatic rings. The summed E-state index contributed by atoms with van der Waals surface area (Å²) in [6.07, 6.45) is 0. The molecule has 4 nitrogen and oxygen atoms in total. The van der Waals surface area contributed by atoms with Crippen molar-refractivity contribution in [3.05, 3.63) is 44.6 Å². The Morgan fingerprint density at radius 3 is 2.40 bits per heavy atom. The smallest absolute Gasteiger partial charge is 0.307 e. The lowest BCUT2D eigenvalue weighted by Gasteiger charge is -1.96. The van der Waals surface area contributed by atoms with Crippen LogP contribution in [0.15, 0.2) is 27.8 Å². The van der Waals surface area contributed by atoms with Crippen LogP contribution in [0.5, 0.6) is 0 Å². The third-order valence-corrected chi connectivity index (χ3v) is 1.89. The molecule has 0 aliphatic carbocycles. The first kappa shape index (κ1) is 11.2. The van der Waals surface area contributed by atoms with Crippen LogP contribution in [0.1, 0.15) is 19.4 Å². The van der Waals surface area contributed by atoms with Crippen molar-refractivity contribution in [1.29, 1.82) is 0 Å². The van der Waals surface area contributed by atoms with Crippen LogP contribution in [0.4, 0.5) is 0 Å². The maximum Gasteiger partial charge on any atom is 0.326 e. The van der Waals surface area contributed by atoms with Gasteiger partial charge in [0.25, 0.3) is 5.56 Å². The molecular weight excluding hydrogens is 192 g/mol. The monoisotopic (exact) mass is 206 g/mol. The highest BCUT2D eigenvalue weighted by atomic mass is 16.2. The fourth-order valence-electron chi connectivity index (χ4n) is 1.28. The van der Waals surface area contributed by atoms with Gasteiger partial charge in [-0.3, -0.25) is 9.78 Å². The Labute approximate surface area is 87.0 Å². The standard InChI is InChI=1S/C9H8N2O2.C2H6/c1-5-2-3-7-6(4-5)8(12)11-9(13)10-7;1-2/h2-4H,1H3,(H2,10,11,12,13);1-2H3. The molecule has 0 fully saturated rings. The molecule has 0 saturated carbocycles. The minimum atomic E-state index is -0.471. The van der Waals surface area contributed by atoms with E-state index in [0.717, 1.165) is 5.56 Å². The fraction of sp³-hybridized carbons (Fsp3) is 0.273. The summed E-state index contributed by atoms with van der Waals surface area (Å²) < 4.78 is 0. The fourth-order valence-corrected chi connectivity index (χ4v) is 1.28. The molecule has 15 heavy (non-hydrogen) atoms. The normalized spacial score (nSPS) is 9.53. The maximum atomic E-state index is 11.3. The van der Waals surface area contributed by atoms with Gasteiger partial charge in [-0.15, -0.1) is 0 Å². The van der Waals surface area contributed by atoms with Crippen molar-refractivity contribution >= 4 is 10.9 Å². The van der Waals surface area contributed by atoms with Crippen LogP contribution in [0.2, 0.25) is 0 Å². The molecule has 80 valence electrons. The molecule has 4 heteroatoms. The van der Waals surface area contributed by atoms with Crippen molar-refractivity contribution in [2.24, 2.45) is 0 Å². The average Bonchev–Trinajstić information content (AvgIpc) is 2.22. The number of H-pyrrole nitrogens is 2. The van der Waals surface area contributed by atoms with Gasteiger partial charge < -0.3 is 4.98 Å². The van der Waals surface area contributed by atoms with E-state index < -0.39 is 5.69 Å². The van der Waals surface area contributed by atoms with E-state index in [1.807, 2.05) is 26.8 Å². The summed E-state index contributed by atoms with van der Waals surface area (Å²) >= 11 is 0. The first-order valence-electron chi connectivity index (χ1n) is 4.90. The van der Waals surface area contributed by atoms with Gasteiger partial charge in [0.05, 0.1) is 10.9 Å². The number of rotatable bonds is 0. The number of hydrogen-bond acceptors (Lipinski definition) is 2. The Morgan fingerprint density at radius 1 is 1.07 bits per heavy atom. The maximum absolute atomic E-state index is 11.3. The first-order valence-corrected chi connectivity index (χ1v) is 4.90. The molecule has 0 radical (unpaired) electrons. The highest BCUT2D eigenvalue weighted by Crippen LogP contribution is 2.06. The lowest BCUT2D eigenvalue weighted by molar-refractivity contribution is 1.08. The molecule has 0 bridgehead atoms. The lowest BCUT2D eigenvalue weighted by Crippen LogP contribution is -2.21. The van der Waals surface area contributed by atoms with Crippen molar-refractivity contribution in [1.82, 2.24) is 9.97 Å². The van der Waals surface area contributed by atoms with Gasteiger partial charge in [0.1, 0.15) is 0 Å². The Kier molecular flexibility index (Phi) is 3.44. The number of nitrogens with one attached hydrogen (secondary N) is 2. The zero-order valence-corrected chi connectivity index (χ0v) is 9.05. The van der Waals surface area contributed by atoms with Crippen LogP contribution in [0.3, 0.4) is 0 Å². The summed E-state index contributed by atoms with van der Waals surface area (Å²) in [5.41, 5.74) is 0.744. The Morgan fingerprint density at radius 2 is 1.73 bits per heavy atom. The summed E-state index contributed by atoms with van der Waals surface area (Å²) in [5, 5.41) is 0.514. The molecule has 2 rings (SSSR count). The number of hydrogen-bond donors (Lipinski definition) is 2. The van der Waals surface area contributed by atoms with Crippen molar-refractivity contribution in [2.45, 2.75) is 20.8 Å². The largest absolute Gasteiger partial charge is 0.326 e. The summed E-state index contributed by atoms with van der Waals surface area (Å²) in [5.74, 6) is 0. The molecule has 1 aromatic heterocycles. The summed E-state index contributed by atoms with van der Waals surface area (Å²) in [6, 6.07) is 5.31. The SMILES string of the molecule is CC.Cc1ccc2[nH]c(=O)[nH]c(=O)c2c1. The van der Waals surface area contributed by atoms with E-state index in [0.29, 0.717) is 10.9 Å². The summed E-state index contributed by atoms with van der Waals surface area (Å²) in [7, 11) is 0. The molecule has 0 atom stereocenters. The van der Waals surface area contributed by atoms with Crippen LogP contribution in [-0.2, 0) is 0 Å². The highest BCUT2D eigenvalue weighted by Gasteiger charge is 1.99. The quantitative estimate of drug-likeness (QED) is 0.686. The zero-order chi connectivity index (χ0) is 11.4. The van der Waals surface area contributed by atoms with E-state index in [4.69, 9.17) is 0 Å². The third kappa shape index (κ3) is 2.34. The van der Waals surface area contributed by atoms with E-state index in [-0.39, 0.29) is 5.56 Å². The summed E-state index contributed by atoms with van der Waals surface area (Å²) in [6.45, 7) is 5.89. The van der Waals surface area contributed by atoms with Gasteiger partial charge in [-0.2, -0.15) is 0 Å². The minimum absolute atomic E-state index is 0.345. The van der Waals surface area contributed by atoms with Gasteiger partial charge in [0, 0.05) is 0 Å². The second kappa shape index (κ2) is 4.59. The highest BCUT2D eigenvalue weighted by molar-refractivity contribution is 5.77. The Balaban J connectivity index is 0.000000531. The topological polar surface area (TPSA) is 65.7 Å². The molecule has 0 saturated heterocycles. The molecule has 0 aliphatic rings. The van der Waals surface area contributed by atoms with E-state index in [9.17, 15) is 9.59 Å². The second-order valence-corrected chi connectivity index (χ2v) is 2.96. The van der Waals surface area contributed by atoms with Crippen molar-refractivity contribution in [2.75, 3.05) is 0 Å². The molecule has 0 spiro atoms. The average molecular weight is 206 g/mol. The van der Waals surface area contributed by atoms with Crippen LogP contribution in [-0.4, -0.2) is 9.97 Å². The van der Waals surface area contributed by atoms with Gasteiger partial charge in [0.15, 0.2) is 0 Å². The van der Waals surface area contributed by atoms with E-state index in [2.05, 4.69) is 9.97 Å². The lowest BCUT2D eigenvalue weighted by atomic mass is 10.2. The molecule has 1 heterocycles. The number of fused-ring (bicyclic) bond motifs is 1. The van der Waals surface area contributed by atoms with Gasteiger partial charge in [0.2, 0.25) is 0 Å². The zero-order valence-electron chi connectivity index (χ0n) is 9.05. The summed E-state index contributed by atoms with van der Waals surface area (Å²) in [4.78, 5) is 26.9. The first-order chi connectivity index (χ1) is 7.16. The van der Waals surface area contributed by atoms with Gasteiger partial charge in [-0.1, -0.05) is 25.5 Å². The van der Waals surface area contributed by atoms with Crippen LogP contribution in [0, 0.1) is 6.92 Å². The number of aromatic nitrogens is 2. The predicted molar refractivity (Wildman–Crippen MR) is 61.3 cm³/mol. The molecule has 1 aromatic carbocycles. The number of benzene rings is 1. The molecule has 2 N–H and O–H groups in total. The van der Waals surface area contributed by atoms with E-state index in [1.165, 1.54) is 0 Å². The van der Waals surface area contributed by atoms with Crippen molar-refractivity contribution < 1.29 is 0 Å². The number of aryl methyl sites for hydroxylation is 1. The van der Waals surface area contributed by atoms with Crippen molar-refractivity contribution in [3.63, 3.8) is 0 Å². The Bertz CT molecular complexity index is 567. The van der Waals surface area contributed by atoms with E-state index >= 15 is 0 Å². The van der Waals surface area contributed by atoms with Gasteiger partial charge in [-0.05, 0) is 19.1 Å². The minimum Gasteiger partial charge on any atom is -0.307 e. The third-order valence-electron chi connectivity index (χ3n) is 1.89. The van der Waals surface area contributed by atoms with Crippen LogP contribution >= 0.6 is 0 Å². The van der Waals surface area contributed by atoms with Gasteiger partial charge >= 0.3 is 5.69 Å². The molecular formula is C11H14N2O2. The number of aromatic amines is 2. The predicted octanol–water partition coefficient (Wildman–Crippen LogP) is 1.55. The van der Waals surface area contributed by atoms with Crippen LogP contribution < -0.4 is 11.2 Å². The second-order valence-electron chi connectivity index (χ2n) is 2.96. The molecule has 0 unspecified atom stereocenters. The molecule has 0 aliphatic heterocycles. The van der Waals surface area contributed by atoms with Crippen LogP contribution in [0.25, 0.3) is 10.9 Å². The van der Waals surface area contributed by atoms with Gasteiger partial charge in [-0.25, -0.2) is 4.79 Å².